The van der Waals surface area contributed by atoms with E-state index in [0.29, 0.717) is 6.42 Å². The largest absolute Gasteiger partial charge is 0.391 e. The first-order valence-corrected chi connectivity index (χ1v) is 7.32. The number of aliphatic hydroxyl groups excluding tert-OH is 1. The van der Waals surface area contributed by atoms with Crippen molar-refractivity contribution in [2.75, 3.05) is 14.1 Å². The van der Waals surface area contributed by atoms with Crippen LogP contribution in [0, 0.1) is 0 Å². The quantitative estimate of drug-likeness (QED) is 0.877. The van der Waals surface area contributed by atoms with E-state index in [-0.39, 0.29) is 11.6 Å². The summed E-state index contributed by atoms with van der Waals surface area (Å²) >= 11 is 0. The fraction of sp³-hybridized carbons (Fsp3) is 0.857. The average molecular weight is 266 g/mol. The van der Waals surface area contributed by atoms with Crippen LogP contribution >= 0.6 is 0 Å². The van der Waals surface area contributed by atoms with Gasteiger partial charge in [-0.15, -0.1) is 0 Å². The molecule has 1 aromatic heterocycles. The molecule has 0 amide bonds. The standard InChI is InChI=1S/C14H26N4O/c1-4-18-13(15-11-16-18)10-12(19)14(17(2)3)8-6-5-7-9-14/h11-12,19H,4-10H2,1-3H3. The summed E-state index contributed by atoms with van der Waals surface area (Å²) in [5.74, 6) is 0.891. The van der Waals surface area contributed by atoms with Gasteiger partial charge >= 0.3 is 0 Å². The zero-order chi connectivity index (χ0) is 13.9. The molecule has 0 bridgehead atoms. The van der Waals surface area contributed by atoms with Crippen molar-refractivity contribution in [2.24, 2.45) is 0 Å². The molecule has 108 valence electrons. The summed E-state index contributed by atoms with van der Waals surface area (Å²) in [4.78, 5) is 6.50. The molecule has 5 heteroatoms. The molecule has 1 atom stereocenters. The number of hydrogen-bond donors (Lipinski definition) is 1. The lowest BCUT2D eigenvalue weighted by Crippen LogP contribution is -2.55. The van der Waals surface area contributed by atoms with E-state index >= 15 is 0 Å². The Balaban J connectivity index is 2.14. The Morgan fingerprint density at radius 1 is 1.37 bits per heavy atom. The SMILES string of the molecule is CCn1ncnc1CC(O)C1(N(C)C)CCCCC1. The zero-order valence-electron chi connectivity index (χ0n) is 12.3. The predicted molar refractivity (Wildman–Crippen MR) is 74.9 cm³/mol. The van der Waals surface area contributed by atoms with E-state index in [1.165, 1.54) is 19.3 Å². The Morgan fingerprint density at radius 3 is 2.63 bits per heavy atom. The molecule has 0 saturated heterocycles. The van der Waals surface area contributed by atoms with Crippen LogP contribution in [0.4, 0.5) is 0 Å². The number of rotatable bonds is 5. The molecule has 1 aliphatic carbocycles. The Bertz CT molecular complexity index is 396. The van der Waals surface area contributed by atoms with E-state index in [9.17, 15) is 5.11 Å². The van der Waals surface area contributed by atoms with Crippen LogP contribution in [0.25, 0.3) is 0 Å². The van der Waals surface area contributed by atoms with Crippen molar-refractivity contribution >= 4 is 0 Å². The van der Waals surface area contributed by atoms with Crippen molar-refractivity contribution in [3.8, 4) is 0 Å². The molecule has 1 fully saturated rings. The molecule has 0 radical (unpaired) electrons. The van der Waals surface area contributed by atoms with Crippen molar-refractivity contribution in [1.29, 1.82) is 0 Å². The molecule has 0 aliphatic heterocycles. The normalized spacial score (nSPS) is 20.7. The van der Waals surface area contributed by atoms with E-state index in [2.05, 4.69) is 29.1 Å². The molecule has 1 heterocycles. The minimum absolute atomic E-state index is 0.0945. The second-order valence-corrected chi connectivity index (χ2v) is 5.77. The first kappa shape index (κ1) is 14.5. The first-order chi connectivity index (χ1) is 9.10. The summed E-state index contributed by atoms with van der Waals surface area (Å²) in [7, 11) is 4.16. The van der Waals surface area contributed by atoms with E-state index in [1.54, 1.807) is 6.33 Å². The molecule has 5 nitrogen and oxygen atoms in total. The van der Waals surface area contributed by atoms with Gasteiger partial charge in [0.15, 0.2) is 0 Å². The topological polar surface area (TPSA) is 54.2 Å². The van der Waals surface area contributed by atoms with E-state index in [0.717, 1.165) is 25.2 Å². The van der Waals surface area contributed by atoms with Gasteiger partial charge in [-0.2, -0.15) is 5.10 Å². The maximum Gasteiger partial charge on any atom is 0.138 e. The first-order valence-electron chi connectivity index (χ1n) is 7.32. The zero-order valence-corrected chi connectivity index (χ0v) is 12.3. The third-order valence-electron chi connectivity index (χ3n) is 4.60. The lowest BCUT2D eigenvalue weighted by Gasteiger charge is -2.46. The third-order valence-corrected chi connectivity index (χ3v) is 4.60. The van der Waals surface area contributed by atoms with Gasteiger partial charge in [0.05, 0.1) is 6.10 Å². The van der Waals surface area contributed by atoms with Gasteiger partial charge in [-0.1, -0.05) is 19.3 Å². The summed E-state index contributed by atoms with van der Waals surface area (Å²) in [6.07, 6.45) is 7.62. The maximum atomic E-state index is 10.8. The number of likely N-dealkylation sites (N-methyl/N-ethyl adjacent to an activating group) is 1. The fourth-order valence-electron chi connectivity index (χ4n) is 3.32. The highest BCUT2D eigenvalue weighted by atomic mass is 16.3. The molecule has 1 unspecified atom stereocenters. The predicted octanol–water partition coefficient (Wildman–Crippen LogP) is 1.47. The van der Waals surface area contributed by atoms with Crippen molar-refractivity contribution in [1.82, 2.24) is 19.7 Å². The number of nitrogens with zero attached hydrogens (tertiary/aromatic N) is 4. The summed E-state index contributed by atoms with van der Waals surface area (Å²) in [6.45, 7) is 2.85. The van der Waals surface area contributed by atoms with Crippen LogP contribution in [0.2, 0.25) is 0 Å². The second-order valence-electron chi connectivity index (χ2n) is 5.77. The molecule has 1 aromatic rings. The minimum Gasteiger partial charge on any atom is -0.391 e. The summed E-state index contributed by atoms with van der Waals surface area (Å²) in [5, 5.41) is 14.9. The van der Waals surface area contributed by atoms with Gasteiger partial charge in [0, 0.05) is 18.5 Å². The van der Waals surface area contributed by atoms with Gasteiger partial charge in [0.25, 0.3) is 0 Å². The summed E-state index contributed by atoms with van der Waals surface area (Å²) in [5.41, 5.74) is -0.0945. The molecule has 19 heavy (non-hydrogen) atoms. The van der Waals surface area contributed by atoms with Crippen molar-refractivity contribution < 1.29 is 5.11 Å². The monoisotopic (exact) mass is 266 g/mol. The smallest absolute Gasteiger partial charge is 0.138 e. The third kappa shape index (κ3) is 2.82. The average Bonchev–Trinajstić information content (AvgIpc) is 2.86. The highest BCUT2D eigenvalue weighted by Crippen LogP contribution is 2.36. The summed E-state index contributed by atoms with van der Waals surface area (Å²) < 4.78 is 1.87. The molecule has 1 saturated carbocycles. The molecule has 1 aliphatic rings. The van der Waals surface area contributed by atoms with E-state index < -0.39 is 0 Å². The van der Waals surface area contributed by atoms with Crippen molar-refractivity contribution in [3.63, 3.8) is 0 Å². The van der Waals surface area contributed by atoms with Gasteiger partial charge in [-0.05, 0) is 33.9 Å². The number of aryl methyl sites for hydroxylation is 1. The van der Waals surface area contributed by atoms with Crippen molar-refractivity contribution in [2.45, 2.75) is 63.6 Å². The van der Waals surface area contributed by atoms with Gasteiger partial charge < -0.3 is 10.0 Å². The van der Waals surface area contributed by atoms with Gasteiger partial charge in [0.2, 0.25) is 0 Å². The molecular formula is C14H26N4O. The Morgan fingerprint density at radius 2 is 2.05 bits per heavy atom. The van der Waals surface area contributed by atoms with E-state index in [1.807, 2.05) is 11.6 Å². The second kappa shape index (κ2) is 6.01. The van der Waals surface area contributed by atoms with Crippen LogP contribution in [-0.4, -0.2) is 50.5 Å². The Hall–Kier alpha value is -0.940. The van der Waals surface area contributed by atoms with Crippen LogP contribution < -0.4 is 0 Å². The van der Waals surface area contributed by atoms with Crippen molar-refractivity contribution in [3.05, 3.63) is 12.2 Å². The number of hydrogen-bond acceptors (Lipinski definition) is 4. The maximum absolute atomic E-state index is 10.8. The van der Waals surface area contributed by atoms with Crippen LogP contribution in [0.3, 0.4) is 0 Å². The molecule has 0 spiro atoms. The molecular weight excluding hydrogens is 240 g/mol. The van der Waals surface area contributed by atoms with Gasteiger partial charge in [-0.25, -0.2) is 4.98 Å². The highest BCUT2D eigenvalue weighted by molar-refractivity contribution is 5.01. The van der Waals surface area contributed by atoms with Gasteiger partial charge in [-0.3, -0.25) is 4.68 Å². The number of aromatic nitrogens is 3. The van der Waals surface area contributed by atoms with Crippen LogP contribution in [0.5, 0.6) is 0 Å². The van der Waals surface area contributed by atoms with Crippen LogP contribution in [0.15, 0.2) is 6.33 Å². The van der Waals surface area contributed by atoms with Crippen LogP contribution in [0.1, 0.15) is 44.9 Å². The summed E-state index contributed by atoms with van der Waals surface area (Å²) in [6, 6.07) is 0. The lowest BCUT2D eigenvalue weighted by atomic mass is 9.75. The fourth-order valence-corrected chi connectivity index (χ4v) is 3.32. The molecule has 0 aromatic carbocycles. The Labute approximate surface area is 115 Å². The minimum atomic E-state index is -0.378. The van der Waals surface area contributed by atoms with E-state index in [4.69, 9.17) is 0 Å². The highest BCUT2D eigenvalue weighted by Gasteiger charge is 2.41. The van der Waals surface area contributed by atoms with Gasteiger partial charge in [0.1, 0.15) is 12.2 Å². The van der Waals surface area contributed by atoms with Crippen LogP contribution in [-0.2, 0) is 13.0 Å². The number of aliphatic hydroxyl groups is 1. The molecule has 1 N–H and O–H groups in total. The Kier molecular flexibility index (Phi) is 4.58. The lowest BCUT2D eigenvalue weighted by molar-refractivity contribution is -0.0323. The molecule has 2 rings (SSSR count).